The number of carboxylic acid groups (broad SMARTS) is 2. The van der Waals surface area contributed by atoms with Gasteiger partial charge in [0, 0.05) is 5.92 Å². The molecule has 0 atom stereocenters. The molecule has 1 saturated carbocycles. The van der Waals surface area contributed by atoms with Crippen molar-refractivity contribution in [2.45, 2.75) is 59.2 Å². The molecule has 0 bridgehead atoms. The van der Waals surface area contributed by atoms with Gasteiger partial charge in [0.1, 0.15) is 24.5 Å². The van der Waals surface area contributed by atoms with Crippen LogP contribution >= 0.6 is 0 Å². The summed E-state index contributed by atoms with van der Waals surface area (Å²) < 4.78 is 44.8. The van der Waals surface area contributed by atoms with Crippen molar-refractivity contribution in [3.63, 3.8) is 0 Å². The number of ether oxygens (including phenoxy) is 8. The number of carbonyl (C=O) groups is 2. The van der Waals surface area contributed by atoms with E-state index < -0.39 is 11.9 Å². The van der Waals surface area contributed by atoms with Gasteiger partial charge in [0.15, 0.2) is 0 Å². The van der Waals surface area contributed by atoms with Crippen LogP contribution in [0.2, 0.25) is 0 Å². The fourth-order valence-corrected chi connectivity index (χ4v) is 6.06. The summed E-state index contributed by atoms with van der Waals surface area (Å²) in [5.74, 6) is -1.43. The van der Waals surface area contributed by atoms with E-state index >= 15 is 0 Å². The lowest BCUT2D eigenvalue weighted by atomic mass is 9.82. The van der Waals surface area contributed by atoms with E-state index in [0.717, 1.165) is 53.5 Å². The van der Waals surface area contributed by atoms with E-state index in [0.29, 0.717) is 85.0 Å². The molecule has 0 heterocycles. The average Bonchev–Trinajstić information content (AvgIpc) is 3.10. The molecule has 2 N–H and O–H groups in total. The van der Waals surface area contributed by atoms with E-state index in [1.54, 1.807) is 0 Å². The predicted octanol–water partition coefficient (Wildman–Crippen LogP) is 5.38. The number of aryl methyl sites for hydroxylation is 3. The van der Waals surface area contributed by atoms with Crippen LogP contribution in [0.4, 0.5) is 0 Å². The Bertz CT molecular complexity index is 1300. The molecule has 3 rings (SSSR count). The maximum Gasteiger partial charge on any atom is 0.339 e. The normalized spacial score (nSPS) is 16.5. The largest absolute Gasteiger partial charge is 0.492 e. The molecule has 1 aliphatic carbocycles. The molecule has 2 aromatic carbocycles. The summed E-state index contributed by atoms with van der Waals surface area (Å²) in [6, 6.07) is 13.9. The molecule has 0 aliphatic heterocycles. The molecule has 1 fully saturated rings. The van der Waals surface area contributed by atoms with E-state index in [4.69, 9.17) is 43.0 Å². The monoisotopic (exact) mass is 716 g/mol. The number of hydrogen-bond donors (Lipinski definition) is 2. The van der Waals surface area contributed by atoms with Gasteiger partial charge in [-0.2, -0.15) is 0 Å². The SMILES string of the molecule is Cc1cc(C)c(/C(C(=O)O)=C(\OCc2ccccc2)C2CCC(OCCOCCOCCOCCOCCOCCOCC(=O)O)CC2)c(C)c1. The highest BCUT2D eigenvalue weighted by Gasteiger charge is 2.31. The number of aliphatic carboxylic acids is 2. The highest BCUT2D eigenvalue weighted by molar-refractivity contribution is 6.17. The Morgan fingerprint density at radius 1 is 0.647 bits per heavy atom. The van der Waals surface area contributed by atoms with Crippen LogP contribution in [0.15, 0.2) is 48.2 Å². The van der Waals surface area contributed by atoms with Gasteiger partial charge in [0.05, 0.1) is 85.4 Å². The zero-order chi connectivity index (χ0) is 36.7. The van der Waals surface area contributed by atoms with Gasteiger partial charge >= 0.3 is 11.9 Å². The lowest BCUT2D eigenvalue weighted by molar-refractivity contribution is -0.142. The molecule has 0 unspecified atom stereocenters. The van der Waals surface area contributed by atoms with Crippen molar-refractivity contribution in [1.29, 1.82) is 0 Å². The molecule has 12 nitrogen and oxygen atoms in total. The molecule has 2 aromatic rings. The summed E-state index contributed by atoms with van der Waals surface area (Å²) in [6.07, 6.45) is 3.27. The van der Waals surface area contributed by atoms with Crippen molar-refractivity contribution in [2.75, 3.05) is 85.9 Å². The van der Waals surface area contributed by atoms with Crippen molar-refractivity contribution in [2.24, 2.45) is 5.92 Å². The number of benzene rings is 2. The van der Waals surface area contributed by atoms with Crippen LogP contribution in [0.5, 0.6) is 0 Å². The maximum absolute atomic E-state index is 12.8. The van der Waals surface area contributed by atoms with Crippen LogP contribution in [0, 0.1) is 26.7 Å². The molecule has 51 heavy (non-hydrogen) atoms. The van der Waals surface area contributed by atoms with Crippen molar-refractivity contribution in [3.05, 3.63) is 76.0 Å². The quantitative estimate of drug-likeness (QED) is 0.0695. The summed E-state index contributed by atoms with van der Waals surface area (Å²) in [5.41, 5.74) is 4.97. The van der Waals surface area contributed by atoms with E-state index in [1.807, 2.05) is 63.2 Å². The highest BCUT2D eigenvalue weighted by Crippen LogP contribution is 2.38. The Labute approximate surface area is 301 Å². The van der Waals surface area contributed by atoms with Crippen LogP contribution in [0.1, 0.15) is 53.5 Å². The molecular weight excluding hydrogens is 660 g/mol. The van der Waals surface area contributed by atoms with Crippen LogP contribution < -0.4 is 0 Å². The van der Waals surface area contributed by atoms with Crippen molar-refractivity contribution < 1.29 is 57.7 Å². The van der Waals surface area contributed by atoms with Gasteiger partial charge in [0.2, 0.25) is 0 Å². The first kappa shape index (κ1) is 42.1. The Morgan fingerprint density at radius 2 is 1.12 bits per heavy atom. The average molecular weight is 717 g/mol. The molecule has 0 amide bonds. The number of allylic oxidation sites excluding steroid dienone is 1. The van der Waals surface area contributed by atoms with Crippen molar-refractivity contribution in [1.82, 2.24) is 0 Å². The molecule has 1 aliphatic rings. The van der Waals surface area contributed by atoms with Crippen molar-refractivity contribution in [3.8, 4) is 0 Å². The summed E-state index contributed by atoms with van der Waals surface area (Å²) in [6.45, 7) is 11.0. The first-order valence-electron chi connectivity index (χ1n) is 17.8. The minimum atomic E-state index is -1.00. The standard InChI is InChI=1S/C39H56O12/c1-29-25-30(2)36(31(3)26-29)37(39(42)43)38(51-27-32-7-5-4-6-8-32)33-9-11-34(12-10-33)50-24-23-48-20-19-46-16-15-44-13-14-45-17-18-47-21-22-49-28-35(40)41/h4-8,25-26,33-34H,9-24,27-28H2,1-3H3,(H,40,41)(H,42,43)/b38-37+. The van der Waals surface area contributed by atoms with E-state index in [1.165, 1.54) is 0 Å². The zero-order valence-electron chi connectivity index (χ0n) is 30.4. The molecule has 0 radical (unpaired) electrons. The first-order chi connectivity index (χ1) is 24.8. The Morgan fingerprint density at radius 3 is 1.59 bits per heavy atom. The van der Waals surface area contributed by atoms with Gasteiger partial charge in [-0.3, -0.25) is 0 Å². The first-order valence-corrected chi connectivity index (χ1v) is 17.8. The van der Waals surface area contributed by atoms with Crippen LogP contribution in [-0.2, 0) is 54.1 Å². The third-order valence-electron chi connectivity index (χ3n) is 8.34. The van der Waals surface area contributed by atoms with E-state index in [-0.39, 0.29) is 30.8 Å². The Kier molecular flexibility index (Phi) is 20.4. The predicted molar refractivity (Wildman–Crippen MR) is 191 cm³/mol. The second-order valence-corrected chi connectivity index (χ2v) is 12.4. The number of rotatable bonds is 27. The van der Waals surface area contributed by atoms with E-state index in [2.05, 4.69) is 0 Å². The molecule has 0 spiro atoms. The lowest BCUT2D eigenvalue weighted by Gasteiger charge is -2.31. The summed E-state index contributed by atoms with van der Waals surface area (Å²) in [5, 5.41) is 19.0. The molecule has 0 aromatic heterocycles. The third-order valence-corrected chi connectivity index (χ3v) is 8.34. The molecular formula is C39H56O12. The van der Waals surface area contributed by atoms with Gasteiger partial charge in [-0.1, -0.05) is 48.0 Å². The van der Waals surface area contributed by atoms with Gasteiger partial charge in [-0.15, -0.1) is 0 Å². The smallest absolute Gasteiger partial charge is 0.339 e. The Hall–Kier alpha value is -3.36. The topological polar surface area (TPSA) is 148 Å². The molecule has 12 heteroatoms. The van der Waals surface area contributed by atoms with Gasteiger partial charge in [0.25, 0.3) is 0 Å². The summed E-state index contributed by atoms with van der Waals surface area (Å²) >= 11 is 0. The van der Waals surface area contributed by atoms with Crippen LogP contribution in [0.25, 0.3) is 5.57 Å². The highest BCUT2D eigenvalue weighted by atomic mass is 16.6. The molecule has 284 valence electrons. The summed E-state index contributed by atoms with van der Waals surface area (Å²) in [7, 11) is 0. The fourth-order valence-electron chi connectivity index (χ4n) is 6.06. The van der Waals surface area contributed by atoms with Gasteiger partial charge in [-0.05, 0) is 68.7 Å². The Balaban J connectivity index is 1.29. The van der Waals surface area contributed by atoms with Crippen molar-refractivity contribution >= 4 is 17.5 Å². The molecule has 0 saturated heterocycles. The third kappa shape index (κ3) is 16.7. The number of hydrogen-bond acceptors (Lipinski definition) is 10. The van der Waals surface area contributed by atoms with Gasteiger partial charge < -0.3 is 48.1 Å². The van der Waals surface area contributed by atoms with Crippen LogP contribution in [0.3, 0.4) is 0 Å². The summed E-state index contributed by atoms with van der Waals surface area (Å²) in [4.78, 5) is 23.2. The number of carboxylic acids is 2. The second-order valence-electron chi connectivity index (χ2n) is 12.4. The minimum Gasteiger partial charge on any atom is -0.492 e. The zero-order valence-corrected chi connectivity index (χ0v) is 30.4. The lowest BCUT2D eigenvalue weighted by Crippen LogP contribution is -2.26. The van der Waals surface area contributed by atoms with Gasteiger partial charge in [-0.25, -0.2) is 9.59 Å². The maximum atomic E-state index is 12.8. The van der Waals surface area contributed by atoms with Crippen LogP contribution in [-0.4, -0.2) is 114 Å². The second kappa shape index (κ2) is 24.8. The minimum absolute atomic E-state index is 0.0191. The van der Waals surface area contributed by atoms with E-state index in [9.17, 15) is 14.7 Å². The fraction of sp³-hybridized carbons (Fsp3) is 0.590.